The highest BCUT2D eigenvalue weighted by molar-refractivity contribution is 7.16. The molecule has 0 aliphatic carbocycles. The molecule has 1 amide bonds. The number of aromatic nitrogens is 1. The Hall–Kier alpha value is -2.26. The standard InChI is InChI=1S/C17H20N2O3S/c1-7-8-19-11-9-12(21-5)13(22-6)10-14(11)23-16(19)18-15(20)17(2,3)4/h1,9-10H,8H2,2-6H3. The van der Waals surface area contributed by atoms with Gasteiger partial charge in [-0.15, -0.1) is 6.42 Å². The quantitative estimate of drug-likeness (QED) is 0.812. The van der Waals surface area contributed by atoms with Crippen LogP contribution >= 0.6 is 11.3 Å². The Morgan fingerprint density at radius 3 is 2.43 bits per heavy atom. The molecule has 0 N–H and O–H groups in total. The summed E-state index contributed by atoms with van der Waals surface area (Å²) in [7, 11) is 3.16. The molecule has 0 unspecified atom stereocenters. The predicted molar refractivity (Wildman–Crippen MR) is 91.8 cm³/mol. The molecule has 0 saturated carbocycles. The van der Waals surface area contributed by atoms with Crippen molar-refractivity contribution in [2.75, 3.05) is 14.2 Å². The number of fused-ring (bicyclic) bond motifs is 1. The van der Waals surface area contributed by atoms with Gasteiger partial charge in [-0.05, 0) is 0 Å². The van der Waals surface area contributed by atoms with Crippen LogP contribution in [-0.2, 0) is 11.3 Å². The maximum Gasteiger partial charge on any atom is 0.253 e. The topological polar surface area (TPSA) is 52.8 Å². The number of carbonyl (C=O) groups is 1. The Morgan fingerprint density at radius 2 is 1.91 bits per heavy atom. The molecule has 5 nitrogen and oxygen atoms in total. The summed E-state index contributed by atoms with van der Waals surface area (Å²) >= 11 is 1.40. The molecule has 0 radical (unpaired) electrons. The zero-order valence-electron chi connectivity index (χ0n) is 14.0. The summed E-state index contributed by atoms with van der Waals surface area (Å²) in [6.07, 6.45) is 5.47. The van der Waals surface area contributed by atoms with Gasteiger partial charge in [0.2, 0.25) is 0 Å². The summed E-state index contributed by atoms with van der Waals surface area (Å²) in [5.41, 5.74) is 0.325. The first kappa shape index (κ1) is 17.1. The molecule has 2 aromatic rings. The second kappa shape index (κ2) is 6.47. The van der Waals surface area contributed by atoms with E-state index < -0.39 is 5.41 Å². The number of thiazole rings is 1. The highest BCUT2D eigenvalue weighted by atomic mass is 32.1. The molecule has 6 heteroatoms. The maximum absolute atomic E-state index is 12.2. The Balaban J connectivity index is 2.76. The summed E-state index contributed by atoms with van der Waals surface area (Å²) in [4.78, 5) is 17.1. The first-order valence-electron chi connectivity index (χ1n) is 7.09. The van der Waals surface area contributed by atoms with E-state index in [9.17, 15) is 4.79 Å². The SMILES string of the molecule is C#CCn1c(=NC(=O)C(C)(C)C)sc2cc(OC)c(OC)cc21. The minimum Gasteiger partial charge on any atom is -0.493 e. The molecule has 0 atom stereocenters. The van der Waals surface area contributed by atoms with Gasteiger partial charge in [-0.1, -0.05) is 38.0 Å². The zero-order chi connectivity index (χ0) is 17.2. The number of benzene rings is 1. The van der Waals surface area contributed by atoms with Gasteiger partial charge in [-0.3, -0.25) is 4.79 Å². The molecule has 122 valence electrons. The molecule has 0 bridgehead atoms. The molecule has 23 heavy (non-hydrogen) atoms. The van der Waals surface area contributed by atoms with Crippen molar-refractivity contribution in [1.29, 1.82) is 0 Å². The largest absolute Gasteiger partial charge is 0.493 e. The average molecular weight is 332 g/mol. The van der Waals surface area contributed by atoms with Crippen LogP contribution in [0.1, 0.15) is 20.8 Å². The van der Waals surface area contributed by atoms with Crippen molar-refractivity contribution >= 4 is 27.5 Å². The van der Waals surface area contributed by atoms with Crippen LogP contribution in [0.2, 0.25) is 0 Å². The predicted octanol–water partition coefficient (Wildman–Crippen LogP) is 2.83. The average Bonchev–Trinajstić information content (AvgIpc) is 2.82. The normalized spacial score (nSPS) is 12.3. The number of amides is 1. The summed E-state index contributed by atoms with van der Waals surface area (Å²) in [6.45, 7) is 5.84. The number of ether oxygens (including phenoxy) is 2. The lowest BCUT2D eigenvalue weighted by Crippen LogP contribution is -2.23. The van der Waals surface area contributed by atoms with Crippen LogP contribution in [0, 0.1) is 17.8 Å². The fourth-order valence-electron chi connectivity index (χ4n) is 1.98. The third kappa shape index (κ3) is 3.40. The van der Waals surface area contributed by atoms with Gasteiger partial charge in [0.15, 0.2) is 16.3 Å². The first-order chi connectivity index (χ1) is 10.8. The van der Waals surface area contributed by atoms with Crippen molar-refractivity contribution in [3.05, 3.63) is 16.9 Å². The van der Waals surface area contributed by atoms with Gasteiger partial charge in [-0.2, -0.15) is 4.99 Å². The molecule has 1 heterocycles. The third-order valence-electron chi connectivity index (χ3n) is 3.28. The second-order valence-electron chi connectivity index (χ2n) is 6.02. The highest BCUT2D eigenvalue weighted by Crippen LogP contribution is 2.33. The molecule has 0 spiro atoms. The number of rotatable bonds is 3. The summed E-state index contributed by atoms with van der Waals surface area (Å²) in [5, 5.41) is 0. The van der Waals surface area contributed by atoms with Gasteiger partial charge < -0.3 is 14.0 Å². The minimum absolute atomic E-state index is 0.186. The van der Waals surface area contributed by atoms with Crippen LogP contribution in [0.5, 0.6) is 11.5 Å². The Labute approximate surface area is 139 Å². The molecule has 1 aromatic carbocycles. The van der Waals surface area contributed by atoms with Crippen LogP contribution in [-0.4, -0.2) is 24.7 Å². The summed E-state index contributed by atoms with van der Waals surface area (Å²) < 4.78 is 13.4. The Kier molecular flexibility index (Phi) is 4.81. The summed E-state index contributed by atoms with van der Waals surface area (Å²) in [6, 6.07) is 3.72. The van der Waals surface area contributed by atoms with Crippen LogP contribution in [0.25, 0.3) is 10.2 Å². The number of hydrogen-bond donors (Lipinski definition) is 0. The molecule has 0 aliphatic rings. The van der Waals surface area contributed by atoms with Gasteiger partial charge in [0.25, 0.3) is 5.91 Å². The van der Waals surface area contributed by atoms with Crippen molar-refractivity contribution in [3.63, 3.8) is 0 Å². The molecule has 1 aromatic heterocycles. The Bertz CT molecular complexity index is 848. The van der Waals surface area contributed by atoms with Crippen molar-refractivity contribution < 1.29 is 14.3 Å². The van der Waals surface area contributed by atoms with Gasteiger partial charge >= 0.3 is 0 Å². The van der Waals surface area contributed by atoms with E-state index in [-0.39, 0.29) is 5.91 Å². The number of hydrogen-bond acceptors (Lipinski definition) is 4. The van der Waals surface area contributed by atoms with Crippen molar-refractivity contribution in [2.45, 2.75) is 27.3 Å². The fraction of sp³-hybridized carbons (Fsp3) is 0.412. The van der Waals surface area contributed by atoms with Gasteiger partial charge in [0.05, 0.1) is 31.0 Å². The number of carbonyl (C=O) groups excluding carboxylic acids is 1. The second-order valence-corrected chi connectivity index (χ2v) is 7.03. The monoisotopic (exact) mass is 332 g/mol. The summed E-state index contributed by atoms with van der Waals surface area (Å²) in [5.74, 6) is 3.66. The van der Waals surface area contributed by atoms with Crippen molar-refractivity contribution in [1.82, 2.24) is 4.57 Å². The van der Waals surface area contributed by atoms with Crippen LogP contribution in [0.15, 0.2) is 17.1 Å². The lowest BCUT2D eigenvalue weighted by molar-refractivity contribution is -0.125. The zero-order valence-corrected chi connectivity index (χ0v) is 14.8. The number of nitrogens with zero attached hydrogens (tertiary/aromatic N) is 2. The lowest BCUT2D eigenvalue weighted by atomic mass is 9.96. The van der Waals surface area contributed by atoms with E-state index in [1.54, 1.807) is 14.2 Å². The lowest BCUT2D eigenvalue weighted by Gasteiger charge is -2.11. The van der Waals surface area contributed by atoms with E-state index in [1.807, 2.05) is 37.5 Å². The third-order valence-corrected chi connectivity index (χ3v) is 4.32. The minimum atomic E-state index is -0.542. The molecule has 0 saturated heterocycles. The van der Waals surface area contributed by atoms with Crippen LogP contribution in [0.4, 0.5) is 0 Å². The van der Waals surface area contributed by atoms with Crippen molar-refractivity contribution in [3.8, 4) is 23.8 Å². The molecule has 2 rings (SSSR count). The van der Waals surface area contributed by atoms with Gasteiger partial charge in [-0.25, -0.2) is 0 Å². The number of methoxy groups -OCH3 is 2. The van der Waals surface area contributed by atoms with E-state index >= 15 is 0 Å². The number of terminal acetylenes is 1. The molecule has 0 fully saturated rings. The maximum atomic E-state index is 12.2. The van der Waals surface area contributed by atoms with Crippen LogP contribution in [0.3, 0.4) is 0 Å². The Morgan fingerprint density at radius 1 is 1.30 bits per heavy atom. The van der Waals surface area contributed by atoms with E-state index in [4.69, 9.17) is 15.9 Å². The highest BCUT2D eigenvalue weighted by Gasteiger charge is 2.21. The van der Waals surface area contributed by atoms with Gasteiger partial charge in [0.1, 0.15) is 0 Å². The van der Waals surface area contributed by atoms with Gasteiger partial charge in [0, 0.05) is 17.5 Å². The van der Waals surface area contributed by atoms with E-state index in [0.29, 0.717) is 22.8 Å². The molecular weight excluding hydrogens is 312 g/mol. The fourth-order valence-corrected chi connectivity index (χ4v) is 3.02. The molecular formula is C17H20N2O3S. The van der Waals surface area contributed by atoms with E-state index in [1.165, 1.54) is 11.3 Å². The van der Waals surface area contributed by atoms with E-state index in [2.05, 4.69) is 10.9 Å². The first-order valence-corrected chi connectivity index (χ1v) is 7.91. The van der Waals surface area contributed by atoms with E-state index in [0.717, 1.165) is 10.2 Å². The smallest absolute Gasteiger partial charge is 0.253 e. The van der Waals surface area contributed by atoms with Crippen LogP contribution < -0.4 is 14.3 Å². The van der Waals surface area contributed by atoms with Crippen molar-refractivity contribution in [2.24, 2.45) is 10.4 Å². The molecule has 0 aliphatic heterocycles.